The van der Waals surface area contributed by atoms with Crippen molar-refractivity contribution in [3.8, 4) is 0 Å². The van der Waals surface area contributed by atoms with Crippen molar-refractivity contribution in [3.63, 3.8) is 0 Å². The minimum absolute atomic E-state index is 0.146. The highest BCUT2D eigenvalue weighted by Crippen LogP contribution is 2.19. The summed E-state index contributed by atoms with van der Waals surface area (Å²) >= 11 is 0. The van der Waals surface area contributed by atoms with E-state index in [1.165, 1.54) is 0 Å². The van der Waals surface area contributed by atoms with Crippen LogP contribution in [0.15, 0.2) is 0 Å². The molecule has 0 amide bonds. The summed E-state index contributed by atoms with van der Waals surface area (Å²) in [5, 5.41) is 8.91. The summed E-state index contributed by atoms with van der Waals surface area (Å²) in [6.45, 7) is 7.03. The van der Waals surface area contributed by atoms with Crippen molar-refractivity contribution in [2.75, 3.05) is 19.8 Å². The fourth-order valence-electron chi connectivity index (χ4n) is 0.913. The standard InChI is InChI=1S/C10H21NO3/c1-8(2)6-14-5-4-10(3,7-11)9(12)13/h8H,4-7,11H2,1-3H3,(H,12,13). The molecule has 0 aromatic heterocycles. The molecule has 0 aliphatic rings. The molecule has 0 fully saturated rings. The summed E-state index contributed by atoms with van der Waals surface area (Å²) in [6, 6.07) is 0. The Kier molecular flexibility index (Phi) is 5.72. The molecule has 0 saturated carbocycles. The van der Waals surface area contributed by atoms with Crippen molar-refractivity contribution >= 4 is 5.97 Å². The van der Waals surface area contributed by atoms with Gasteiger partial charge < -0.3 is 15.6 Å². The Morgan fingerprint density at radius 3 is 2.50 bits per heavy atom. The summed E-state index contributed by atoms with van der Waals surface area (Å²) in [6.07, 6.45) is 0.464. The molecular formula is C10H21NO3. The smallest absolute Gasteiger partial charge is 0.310 e. The van der Waals surface area contributed by atoms with Gasteiger partial charge in [-0.2, -0.15) is 0 Å². The van der Waals surface area contributed by atoms with Gasteiger partial charge in [-0.3, -0.25) is 4.79 Å². The van der Waals surface area contributed by atoms with Gasteiger partial charge in [-0.1, -0.05) is 13.8 Å². The zero-order valence-corrected chi connectivity index (χ0v) is 9.25. The van der Waals surface area contributed by atoms with Crippen LogP contribution in [0.25, 0.3) is 0 Å². The second-order valence-corrected chi connectivity index (χ2v) is 4.29. The van der Waals surface area contributed by atoms with Gasteiger partial charge in [0.2, 0.25) is 0 Å². The van der Waals surface area contributed by atoms with E-state index in [0.717, 1.165) is 0 Å². The van der Waals surface area contributed by atoms with Gasteiger partial charge in [0.1, 0.15) is 0 Å². The number of aliphatic carboxylic acids is 1. The lowest BCUT2D eigenvalue weighted by Crippen LogP contribution is -2.36. The minimum atomic E-state index is -0.854. The van der Waals surface area contributed by atoms with Crippen molar-refractivity contribution in [2.24, 2.45) is 17.1 Å². The van der Waals surface area contributed by atoms with E-state index in [9.17, 15) is 4.79 Å². The van der Waals surface area contributed by atoms with Crippen LogP contribution in [0, 0.1) is 11.3 Å². The Morgan fingerprint density at radius 1 is 1.57 bits per heavy atom. The average Bonchev–Trinajstić information content (AvgIpc) is 2.11. The quantitative estimate of drug-likeness (QED) is 0.608. The zero-order chi connectivity index (χ0) is 11.2. The zero-order valence-electron chi connectivity index (χ0n) is 9.25. The highest BCUT2D eigenvalue weighted by atomic mass is 16.5. The molecule has 3 N–H and O–H groups in total. The van der Waals surface area contributed by atoms with Crippen LogP contribution in [-0.4, -0.2) is 30.8 Å². The lowest BCUT2D eigenvalue weighted by atomic mass is 9.87. The number of hydrogen-bond acceptors (Lipinski definition) is 3. The molecule has 0 rings (SSSR count). The van der Waals surface area contributed by atoms with Crippen LogP contribution >= 0.6 is 0 Å². The van der Waals surface area contributed by atoms with Gasteiger partial charge in [-0.25, -0.2) is 0 Å². The van der Waals surface area contributed by atoms with Gasteiger partial charge in [-0.15, -0.1) is 0 Å². The van der Waals surface area contributed by atoms with Crippen LogP contribution in [0.5, 0.6) is 0 Å². The topological polar surface area (TPSA) is 72.5 Å². The first-order chi connectivity index (χ1) is 6.42. The predicted molar refractivity (Wildman–Crippen MR) is 55.1 cm³/mol. The molecule has 1 atom stereocenters. The van der Waals surface area contributed by atoms with Crippen molar-refractivity contribution in [1.82, 2.24) is 0 Å². The normalized spacial score (nSPS) is 15.5. The van der Waals surface area contributed by atoms with Crippen LogP contribution in [0.3, 0.4) is 0 Å². The SMILES string of the molecule is CC(C)COCCC(C)(CN)C(=O)O. The molecule has 0 aromatic rings. The second-order valence-electron chi connectivity index (χ2n) is 4.29. The molecule has 0 aliphatic heterocycles. The maximum absolute atomic E-state index is 10.8. The third-order valence-corrected chi connectivity index (χ3v) is 2.22. The fourth-order valence-corrected chi connectivity index (χ4v) is 0.913. The molecule has 0 spiro atoms. The molecule has 1 unspecified atom stereocenters. The largest absolute Gasteiger partial charge is 0.481 e. The molecule has 0 aliphatic carbocycles. The Balaban J connectivity index is 3.79. The monoisotopic (exact) mass is 203 g/mol. The Morgan fingerprint density at radius 2 is 2.14 bits per heavy atom. The van der Waals surface area contributed by atoms with Gasteiger partial charge in [0.25, 0.3) is 0 Å². The molecule has 0 heterocycles. The Hall–Kier alpha value is -0.610. The lowest BCUT2D eigenvalue weighted by molar-refractivity contribution is -0.148. The van der Waals surface area contributed by atoms with Crippen molar-refractivity contribution < 1.29 is 14.6 Å². The number of hydrogen-bond donors (Lipinski definition) is 2. The molecular weight excluding hydrogens is 182 g/mol. The summed E-state index contributed by atoms with van der Waals surface area (Å²) in [5.74, 6) is -0.378. The predicted octanol–water partition coefficient (Wildman–Crippen LogP) is 1.10. The van der Waals surface area contributed by atoms with E-state index in [2.05, 4.69) is 13.8 Å². The van der Waals surface area contributed by atoms with Crippen molar-refractivity contribution in [1.29, 1.82) is 0 Å². The average molecular weight is 203 g/mol. The Bertz CT molecular complexity index is 182. The fraction of sp³-hybridized carbons (Fsp3) is 0.900. The second kappa shape index (κ2) is 5.98. The third kappa shape index (κ3) is 4.58. The van der Waals surface area contributed by atoms with Gasteiger partial charge in [0.15, 0.2) is 0 Å². The number of rotatable bonds is 7. The highest BCUT2D eigenvalue weighted by molar-refractivity contribution is 5.74. The molecule has 4 heteroatoms. The summed E-state index contributed by atoms with van der Waals surface area (Å²) in [5.41, 5.74) is 4.56. The highest BCUT2D eigenvalue weighted by Gasteiger charge is 2.30. The first-order valence-corrected chi connectivity index (χ1v) is 4.93. The van der Waals surface area contributed by atoms with Gasteiger partial charge in [0, 0.05) is 19.8 Å². The van der Waals surface area contributed by atoms with Gasteiger partial charge in [0.05, 0.1) is 5.41 Å². The number of carbonyl (C=O) groups is 1. The third-order valence-electron chi connectivity index (χ3n) is 2.22. The minimum Gasteiger partial charge on any atom is -0.481 e. The maximum atomic E-state index is 10.8. The van der Waals surface area contributed by atoms with Crippen LogP contribution < -0.4 is 5.73 Å². The molecule has 0 aromatic carbocycles. The molecule has 14 heavy (non-hydrogen) atoms. The number of carboxylic acid groups (broad SMARTS) is 1. The summed E-state index contributed by atoms with van der Waals surface area (Å²) in [7, 11) is 0. The van der Waals surface area contributed by atoms with Crippen LogP contribution in [0.1, 0.15) is 27.2 Å². The van der Waals surface area contributed by atoms with E-state index in [4.69, 9.17) is 15.6 Å². The van der Waals surface area contributed by atoms with Crippen LogP contribution in [-0.2, 0) is 9.53 Å². The summed E-state index contributed by atoms with van der Waals surface area (Å²) < 4.78 is 5.32. The van der Waals surface area contributed by atoms with Gasteiger partial charge in [-0.05, 0) is 19.3 Å². The molecule has 0 radical (unpaired) electrons. The van der Waals surface area contributed by atoms with E-state index in [-0.39, 0.29) is 6.54 Å². The molecule has 4 nitrogen and oxygen atoms in total. The van der Waals surface area contributed by atoms with E-state index in [1.54, 1.807) is 6.92 Å². The van der Waals surface area contributed by atoms with Crippen molar-refractivity contribution in [3.05, 3.63) is 0 Å². The number of nitrogens with two attached hydrogens (primary N) is 1. The lowest BCUT2D eigenvalue weighted by Gasteiger charge is -2.22. The molecule has 0 bridgehead atoms. The summed E-state index contributed by atoms with van der Waals surface area (Å²) in [4.78, 5) is 10.8. The first-order valence-electron chi connectivity index (χ1n) is 4.93. The van der Waals surface area contributed by atoms with Gasteiger partial charge >= 0.3 is 5.97 Å². The van der Waals surface area contributed by atoms with E-state index >= 15 is 0 Å². The van der Waals surface area contributed by atoms with Crippen molar-refractivity contribution in [2.45, 2.75) is 27.2 Å². The Labute approximate surface area is 85.4 Å². The van der Waals surface area contributed by atoms with Crippen LogP contribution in [0.2, 0.25) is 0 Å². The van der Waals surface area contributed by atoms with E-state index in [0.29, 0.717) is 25.6 Å². The van der Waals surface area contributed by atoms with E-state index in [1.807, 2.05) is 0 Å². The van der Waals surface area contributed by atoms with Crippen LogP contribution in [0.4, 0.5) is 0 Å². The van der Waals surface area contributed by atoms with E-state index < -0.39 is 11.4 Å². The molecule has 84 valence electrons. The number of carboxylic acids is 1. The number of ether oxygens (including phenoxy) is 1. The maximum Gasteiger partial charge on any atom is 0.310 e. The molecule has 0 saturated heterocycles. The first kappa shape index (κ1) is 13.4.